The molecule has 0 fully saturated rings. The lowest BCUT2D eigenvalue weighted by molar-refractivity contribution is -0.141. The summed E-state index contributed by atoms with van der Waals surface area (Å²) in [7, 11) is 0. The Morgan fingerprint density at radius 2 is 2.11 bits per heavy atom. The highest BCUT2D eigenvalue weighted by molar-refractivity contribution is 6.30. The first-order valence-corrected chi connectivity index (χ1v) is 7.08. The van der Waals surface area contributed by atoms with Crippen LogP contribution in [0.4, 0.5) is 0 Å². The van der Waals surface area contributed by atoms with E-state index >= 15 is 0 Å². The van der Waals surface area contributed by atoms with E-state index in [-0.39, 0.29) is 6.54 Å². The lowest BCUT2D eigenvalue weighted by Crippen LogP contribution is -2.23. The summed E-state index contributed by atoms with van der Waals surface area (Å²) in [6.07, 6.45) is 3.57. The molecule has 19 heavy (non-hydrogen) atoms. The first kappa shape index (κ1) is 16.0. The second-order valence-corrected chi connectivity index (χ2v) is 5.56. The van der Waals surface area contributed by atoms with Crippen molar-refractivity contribution in [1.82, 2.24) is 0 Å². The van der Waals surface area contributed by atoms with Crippen LogP contribution in [0.1, 0.15) is 31.7 Å². The van der Waals surface area contributed by atoms with Gasteiger partial charge in [0.2, 0.25) is 0 Å². The van der Waals surface area contributed by atoms with Crippen LogP contribution in [-0.4, -0.2) is 17.6 Å². The Balaban J connectivity index is 2.31. The van der Waals surface area contributed by atoms with Gasteiger partial charge in [-0.15, -0.1) is 0 Å². The van der Waals surface area contributed by atoms with Crippen molar-refractivity contribution in [3.05, 3.63) is 34.9 Å². The number of carboxylic acids is 1. The molecule has 4 heteroatoms. The van der Waals surface area contributed by atoms with Crippen molar-refractivity contribution in [3.63, 3.8) is 0 Å². The van der Waals surface area contributed by atoms with E-state index in [1.165, 1.54) is 5.56 Å². The molecule has 2 atom stereocenters. The van der Waals surface area contributed by atoms with E-state index in [0.717, 1.165) is 24.3 Å². The predicted molar refractivity (Wildman–Crippen MR) is 78.4 cm³/mol. The Morgan fingerprint density at radius 3 is 2.68 bits per heavy atom. The topological polar surface area (TPSA) is 63.3 Å². The summed E-state index contributed by atoms with van der Waals surface area (Å²) >= 11 is 5.94. The first-order chi connectivity index (χ1) is 9.02. The van der Waals surface area contributed by atoms with Gasteiger partial charge in [0.1, 0.15) is 0 Å². The average molecular weight is 284 g/mol. The van der Waals surface area contributed by atoms with Crippen LogP contribution in [0.25, 0.3) is 0 Å². The Hall–Kier alpha value is -1.06. The second kappa shape index (κ2) is 8.18. The van der Waals surface area contributed by atoms with Crippen molar-refractivity contribution in [2.75, 3.05) is 6.54 Å². The van der Waals surface area contributed by atoms with E-state index in [1.54, 1.807) is 0 Å². The minimum Gasteiger partial charge on any atom is -0.481 e. The quantitative estimate of drug-likeness (QED) is 0.769. The molecule has 2 unspecified atom stereocenters. The van der Waals surface area contributed by atoms with Gasteiger partial charge in [-0.3, -0.25) is 4.79 Å². The fourth-order valence-electron chi connectivity index (χ4n) is 2.08. The predicted octanol–water partition coefficient (Wildman–Crippen LogP) is 3.35. The largest absolute Gasteiger partial charge is 0.481 e. The van der Waals surface area contributed by atoms with Crippen LogP contribution in [0.5, 0.6) is 0 Å². The fraction of sp³-hybridized carbons (Fsp3) is 0.533. The monoisotopic (exact) mass is 283 g/mol. The smallest absolute Gasteiger partial charge is 0.307 e. The Kier molecular flexibility index (Phi) is 6.89. The van der Waals surface area contributed by atoms with Gasteiger partial charge >= 0.3 is 5.97 Å². The van der Waals surface area contributed by atoms with Crippen LogP contribution in [-0.2, 0) is 11.2 Å². The summed E-state index contributed by atoms with van der Waals surface area (Å²) in [5, 5.41) is 9.69. The van der Waals surface area contributed by atoms with Crippen molar-refractivity contribution in [1.29, 1.82) is 0 Å². The number of aliphatic carboxylic acids is 1. The molecule has 1 aromatic rings. The number of halogens is 1. The zero-order valence-corrected chi connectivity index (χ0v) is 12.1. The lowest BCUT2D eigenvalue weighted by Gasteiger charge is -2.14. The molecular weight excluding hydrogens is 262 g/mol. The highest BCUT2D eigenvalue weighted by Crippen LogP contribution is 2.19. The number of hydrogen-bond acceptors (Lipinski definition) is 2. The summed E-state index contributed by atoms with van der Waals surface area (Å²) < 4.78 is 0. The molecule has 0 bridgehead atoms. The standard InChI is InChI=1S/C15H22ClNO2/c1-11(6-8-13(10-17)15(18)19)5-7-12-3-2-4-14(16)9-12/h2-4,9,11,13H,5-8,10,17H2,1H3,(H,18,19). The summed E-state index contributed by atoms with van der Waals surface area (Å²) in [5.41, 5.74) is 6.68. The molecule has 0 amide bonds. The van der Waals surface area contributed by atoms with E-state index < -0.39 is 11.9 Å². The van der Waals surface area contributed by atoms with E-state index in [4.69, 9.17) is 22.4 Å². The fourth-order valence-corrected chi connectivity index (χ4v) is 2.29. The maximum Gasteiger partial charge on any atom is 0.307 e. The number of carbonyl (C=O) groups is 1. The second-order valence-electron chi connectivity index (χ2n) is 5.12. The van der Waals surface area contributed by atoms with Crippen LogP contribution in [0.3, 0.4) is 0 Å². The molecule has 0 aliphatic rings. The molecule has 3 nitrogen and oxygen atoms in total. The molecule has 0 saturated heterocycles. The molecule has 3 N–H and O–H groups in total. The van der Waals surface area contributed by atoms with Crippen molar-refractivity contribution in [2.45, 2.75) is 32.6 Å². The van der Waals surface area contributed by atoms with Crippen LogP contribution in [0, 0.1) is 11.8 Å². The summed E-state index contributed by atoms with van der Waals surface area (Å²) in [4.78, 5) is 10.9. The van der Waals surface area contributed by atoms with Crippen molar-refractivity contribution < 1.29 is 9.90 Å². The molecule has 0 saturated carbocycles. The SMILES string of the molecule is CC(CCc1cccc(Cl)c1)CCC(CN)C(=O)O. The van der Waals surface area contributed by atoms with E-state index in [2.05, 4.69) is 13.0 Å². The molecule has 0 radical (unpaired) electrons. The third kappa shape index (κ3) is 6.08. The van der Waals surface area contributed by atoms with Gasteiger partial charge in [0.05, 0.1) is 5.92 Å². The molecule has 0 aliphatic heterocycles. The highest BCUT2D eigenvalue weighted by Gasteiger charge is 2.16. The Bertz CT molecular complexity index is 409. The maximum absolute atomic E-state index is 10.9. The van der Waals surface area contributed by atoms with Crippen molar-refractivity contribution >= 4 is 17.6 Å². The van der Waals surface area contributed by atoms with E-state index in [0.29, 0.717) is 12.3 Å². The van der Waals surface area contributed by atoms with Gasteiger partial charge in [-0.1, -0.05) is 30.7 Å². The van der Waals surface area contributed by atoms with E-state index in [9.17, 15) is 4.79 Å². The first-order valence-electron chi connectivity index (χ1n) is 6.70. The lowest BCUT2D eigenvalue weighted by atomic mass is 9.92. The third-order valence-electron chi connectivity index (χ3n) is 3.46. The summed E-state index contributed by atoms with van der Waals surface area (Å²) in [6, 6.07) is 7.87. The molecule has 0 heterocycles. The van der Waals surface area contributed by atoms with Gasteiger partial charge in [0.25, 0.3) is 0 Å². The number of nitrogens with two attached hydrogens (primary N) is 1. The highest BCUT2D eigenvalue weighted by atomic mass is 35.5. The number of benzene rings is 1. The van der Waals surface area contributed by atoms with Gasteiger partial charge in [-0.2, -0.15) is 0 Å². The van der Waals surface area contributed by atoms with Crippen molar-refractivity contribution in [3.8, 4) is 0 Å². The number of rotatable bonds is 8. The molecule has 0 aromatic heterocycles. The van der Waals surface area contributed by atoms with Crippen LogP contribution in [0.15, 0.2) is 24.3 Å². The van der Waals surface area contributed by atoms with Crippen LogP contribution in [0.2, 0.25) is 5.02 Å². The zero-order chi connectivity index (χ0) is 14.3. The number of aryl methyl sites for hydroxylation is 1. The summed E-state index contributed by atoms with van der Waals surface area (Å²) in [6.45, 7) is 2.37. The molecule has 1 aromatic carbocycles. The van der Waals surface area contributed by atoms with Crippen LogP contribution < -0.4 is 5.73 Å². The zero-order valence-electron chi connectivity index (χ0n) is 11.3. The van der Waals surface area contributed by atoms with Gasteiger partial charge in [0, 0.05) is 11.6 Å². The van der Waals surface area contributed by atoms with Gasteiger partial charge in [-0.25, -0.2) is 0 Å². The average Bonchev–Trinajstić information content (AvgIpc) is 2.37. The van der Waals surface area contributed by atoms with Gasteiger partial charge in [0.15, 0.2) is 0 Å². The minimum atomic E-state index is -0.787. The molecule has 106 valence electrons. The van der Waals surface area contributed by atoms with Crippen molar-refractivity contribution in [2.24, 2.45) is 17.6 Å². The normalized spacial score (nSPS) is 14.1. The maximum atomic E-state index is 10.9. The van der Waals surface area contributed by atoms with Crippen LogP contribution >= 0.6 is 11.6 Å². The molecular formula is C15H22ClNO2. The van der Waals surface area contributed by atoms with Gasteiger partial charge in [-0.05, 0) is 49.3 Å². The summed E-state index contributed by atoms with van der Waals surface area (Å²) in [5.74, 6) is -0.703. The molecule has 1 rings (SSSR count). The van der Waals surface area contributed by atoms with Gasteiger partial charge < -0.3 is 10.8 Å². The third-order valence-corrected chi connectivity index (χ3v) is 3.69. The Labute approximate surface area is 119 Å². The molecule has 0 aliphatic carbocycles. The number of hydrogen-bond donors (Lipinski definition) is 2. The van der Waals surface area contributed by atoms with E-state index in [1.807, 2.05) is 18.2 Å². The number of carboxylic acid groups (broad SMARTS) is 1. The molecule has 0 spiro atoms. The minimum absolute atomic E-state index is 0.219. The Morgan fingerprint density at radius 1 is 1.37 bits per heavy atom.